The van der Waals surface area contributed by atoms with Gasteiger partial charge in [-0.15, -0.1) is 5.10 Å². The molecular formula is C49H66ClN7O11S2. The van der Waals surface area contributed by atoms with Crippen LogP contribution in [0.2, 0.25) is 5.02 Å². The van der Waals surface area contributed by atoms with Crippen LogP contribution in [-0.2, 0) is 62.4 Å². The number of imide groups is 1. The van der Waals surface area contributed by atoms with Crippen LogP contribution in [-0.4, -0.2) is 139 Å². The summed E-state index contributed by atoms with van der Waals surface area (Å²) in [6.07, 6.45) is 7.70. The molecule has 0 spiro atoms. The Morgan fingerprint density at radius 3 is 2.56 bits per heavy atom. The van der Waals surface area contributed by atoms with Crippen molar-refractivity contribution in [2.45, 2.75) is 153 Å². The summed E-state index contributed by atoms with van der Waals surface area (Å²) in [6, 6.07) is 2.79. The van der Waals surface area contributed by atoms with E-state index in [0.717, 1.165) is 40.2 Å². The number of carbonyl (C=O) groups is 6. The number of amides is 5. The van der Waals surface area contributed by atoms with Crippen molar-refractivity contribution in [1.29, 1.82) is 0 Å². The number of aliphatic hydroxyl groups is 1. The fourth-order valence-corrected chi connectivity index (χ4v) is 11.7. The molecule has 382 valence electrons. The predicted octanol–water partition coefficient (Wildman–Crippen LogP) is 6.25. The number of unbranched alkanes of at least 4 members (excludes halogenated alkanes) is 1. The Balaban J connectivity index is 1.07. The summed E-state index contributed by atoms with van der Waals surface area (Å²) in [6.45, 7) is 13.8. The zero-order chi connectivity index (χ0) is 51.3. The number of methoxy groups -OCH3 is 1. The Hall–Kier alpha value is -4.73. The van der Waals surface area contributed by atoms with E-state index in [2.05, 4.69) is 29.5 Å². The highest BCUT2D eigenvalue weighted by Gasteiger charge is 2.64. The minimum absolute atomic E-state index is 0.0588. The van der Waals surface area contributed by atoms with Gasteiger partial charge in [0, 0.05) is 69.2 Å². The highest BCUT2D eigenvalue weighted by atomic mass is 35.5. The van der Waals surface area contributed by atoms with E-state index >= 15 is 0 Å². The first-order chi connectivity index (χ1) is 32.9. The van der Waals surface area contributed by atoms with E-state index in [1.165, 1.54) is 29.1 Å². The van der Waals surface area contributed by atoms with E-state index in [0.29, 0.717) is 35.8 Å². The van der Waals surface area contributed by atoms with Crippen LogP contribution >= 0.6 is 33.2 Å². The lowest BCUT2D eigenvalue weighted by Gasteiger charge is -2.42. The van der Waals surface area contributed by atoms with E-state index in [1.807, 2.05) is 39.0 Å². The van der Waals surface area contributed by atoms with Gasteiger partial charge in [-0.3, -0.25) is 34.1 Å². The minimum Gasteiger partial charge on any atom is -0.457 e. The first kappa shape index (κ1) is 54.6. The Kier molecular flexibility index (Phi) is 17.8. The quantitative estimate of drug-likeness (QED) is 0.0625. The van der Waals surface area contributed by atoms with Crippen molar-refractivity contribution in [3.8, 4) is 0 Å². The summed E-state index contributed by atoms with van der Waals surface area (Å²) < 4.78 is 25.4. The lowest BCUT2D eigenvalue weighted by atomic mass is 9.83. The molecule has 2 fully saturated rings. The third-order valence-electron chi connectivity index (χ3n) is 13.4. The highest BCUT2D eigenvalue weighted by Crippen LogP contribution is 2.49. The van der Waals surface area contributed by atoms with Gasteiger partial charge in [-0.05, 0) is 84.4 Å². The number of aromatic nitrogens is 3. The monoisotopic (exact) mass is 1030 g/mol. The number of esters is 1. The Morgan fingerprint density at radius 2 is 1.86 bits per heavy atom. The van der Waals surface area contributed by atoms with E-state index in [9.17, 15) is 33.9 Å². The number of nitrogens with zero attached hydrogens (tertiary/aromatic N) is 6. The molecular weight excluding hydrogens is 962 g/mol. The van der Waals surface area contributed by atoms with Crippen LogP contribution in [0.4, 0.5) is 10.5 Å². The minimum atomic E-state index is -1.84. The molecule has 2 saturated heterocycles. The number of aryl methyl sites for hydroxylation is 2. The first-order valence-electron chi connectivity index (χ1n) is 23.5. The average Bonchev–Trinajstić information content (AvgIpc) is 3.62. The maximum Gasteiger partial charge on any atom is 0.409 e. The van der Waals surface area contributed by atoms with Gasteiger partial charge in [0.15, 0.2) is 5.72 Å². The van der Waals surface area contributed by atoms with Crippen LogP contribution in [0.3, 0.4) is 0 Å². The SMILES string of the molecule is CO[C@@H]1/C=C/C=C(\C)Cc2cc(C)c(Cl)c(c2)N(C)C(=O)C[C@H](OC(=O)[C@H](C)N(C)C(=O)CCC(C)(C)SSCCCCn2cc(CN3C(=O)C=CC3=O)nn2)[C@]2(C)O[C@H]2[C@H](C)[C@@H]2C[C@@]1(O)NC(=O)O2. The number of alkyl carbamates (subject to hydrolysis) is 1. The molecule has 21 heteroatoms. The highest BCUT2D eigenvalue weighted by molar-refractivity contribution is 8.77. The normalized spacial score (nSPS) is 27.8. The molecule has 8 atom stereocenters. The second-order valence-electron chi connectivity index (χ2n) is 19.5. The van der Waals surface area contributed by atoms with Crippen LogP contribution in [0.25, 0.3) is 0 Å². The molecule has 4 aliphatic heterocycles. The summed E-state index contributed by atoms with van der Waals surface area (Å²) in [4.78, 5) is 82.7. The number of carbonyl (C=O) groups excluding carboxylic acids is 6. The molecule has 1 aromatic carbocycles. The number of anilines is 1. The van der Waals surface area contributed by atoms with Gasteiger partial charge >= 0.3 is 12.1 Å². The number of allylic oxidation sites excluding steroid dienone is 3. The van der Waals surface area contributed by atoms with Gasteiger partial charge in [-0.1, -0.05) is 75.2 Å². The van der Waals surface area contributed by atoms with E-state index < -0.39 is 65.7 Å². The van der Waals surface area contributed by atoms with Gasteiger partial charge in [0.2, 0.25) is 11.8 Å². The number of epoxide rings is 1. The number of benzene rings is 1. The molecule has 0 unspecified atom stereocenters. The van der Waals surface area contributed by atoms with Crippen LogP contribution in [0.15, 0.2) is 54.3 Å². The van der Waals surface area contributed by atoms with Gasteiger partial charge < -0.3 is 33.9 Å². The van der Waals surface area contributed by atoms with Gasteiger partial charge in [-0.2, -0.15) is 0 Å². The summed E-state index contributed by atoms with van der Waals surface area (Å²) in [7, 11) is 8.02. The third-order valence-corrected chi connectivity index (χ3v) is 17.3. The molecule has 4 bridgehead atoms. The summed E-state index contributed by atoms with van der Waals surface area (Å²) in [5.74, 6) is -1.78. The number of nitrogens with one attached hydrogen (secondary N) is 1. The first-order valence-corrected chi connectivity index (χ1v) is 26.2. The number of likely N-dealkylation sites (N-methyl/N-ethyl adjacent to an activating group) is 1. The molecule has 2 aromatic rings. The molecule has 5 heterocycles. The van der Waals surface area contributed by atoms with Crippen molar-refractivity contribution >= 4 is 74.6 Å². The average molecular weight is 1030 g/mol. The molecule has 70 heavy (non-hydrogen) atoms. The molecule has 2 N–H and O–H groups in total. The molecule has 0 aliphatic carbocycles. The van der Waals surface area contributed by atoms with E-state index in [4.69, 9.17) is 30.5 Å². The predicted molar refractivity (Wildman–Crippen MR) is 266 cm³/mol. The molecule has 0 radical (unpaired) electrons. The maximum absolute atomic E-state index is 14.3. The second kappa shape index (κ2) is 22.8. The topological polar surface area (TPSA) is 215 Å². The molecule has 4 aliphatic rings. The summed E-state index contributed by atoms with van der Waals surface area (Å²) in [5, 5.41) is 23.0. The number of halogens is 1. The number of rotatable bonds is 16. The fraction of sp³-hybridized carbons (Fsp3) is 0.592. The fourth-order valence-electron chi connectivity index (χ4n) is 8.79. The summed E-state index contributed by atoms with van der Waals surface area (Å²) >= 11 is 6.84. The van der Waals surface area contributed by atoms with Crippen molar-refractivity contribution in [1.82, 2.24) is 30.1 Å². The van der Waals surface area contributed by atoms with Crippen LogP contribution < -0.4 is 10.2 Å². The molecule has 0 saturated carbocycles. The molecule has 5 amide bonds. The van der Waals surface area contributed by atoms with Gasteiger partial charge in [0.25, 0.3) is 11.8 Å². The van der Waals surface area contributed by atoms with Crippen molar-refractivity contribution in [3.05, 3.63) is 76.1 Å². The lowest BCUT2D eigenvalue weighted by molar-refractivity contribution is -0.162. The zero-order valence-electron chi connectivity index (χ0n) is 41.6. The standard InChI is InChI=1S/C49H66ClN7O11S2/c1-29-14-13-15-37(65-10)49(64)26-36(66-46(63)51-49)31(3)44-48(7,68-44)38(25-42(61)55(9)35-24-33(22-29)23-30(2)43(35)50)67-45(62)32(4)54(8)39(58)18-19-47(5,6)70-69-21-12-11-20-56-27-34(52-53-56)28-57-40(59)16-17-41(57)60/h13-17,23-24,27,31-32,36-38,44,64H,11-12,18-22,25-26,28H2,1-10H3,(H,51,63)/b15-13+,29-14+/t31-,32+,36+,37-,38+,44+,48+,49+/m1/s1. The Labute approximate surface area is 422 Å². The number of hydrogen-bond donors (Lipinski definition) is 2. The Bertz CT molecular complexity index is 2390. The maximum atomic E-state index is 14.3. The van der Waals surface area contributed by atoms with Crippen LogP contribution in [0.5, 0.6) is 0 Å². The Morgan fingerprint density at radius 1 is 1.14 bits per heavy atom. The number of ether oxygens (including phenoxy) is 4. The van der Waals surface area contributed by atoms with Gasteiger partial charge in [0.1, 0.15) is 35.6 Å². The number of hydrogen-bond acceptors (Lipinski definition) is 15. The number of fused-ring (bicyclic) bond motifs is 5. The van der Waals surface area contributed by atoms with Crippen molar-refractivity contribution in [2.24, 2.45) is 5.92 Å². The second-order valence-corrected chi connectivity index (χ2v) is 23.0. The molecule has 18 nitrogen and oxygen atoms in total. The zero-order valence-corrected chi connectivity index (χ0v) is 44.0. The summed E-state index contributed by atoms with van der Waals surface area (Å²) in [5.41, 5.74) is 0.583. The van der Waals surface area contributed by atoms with Crippen molar-refractivity contribution in [3.63, 3.8) is 0 Å². The molecule has 1 aromatic heterocycles. The van der Waals surface area contributed by atoms with Crippen LogP contribution in [0.1, 0.15) is 96.9 Å². The third kappa shape index (κ3) is 13.2. The van der Waals surface area contributed by atoms with Crippen LogP contribution in [0, 0.1) is 12.8 Å². The van der Waals surface area contributed by atoms with E-state index in [-0.39, 0.29) is 48.3 Å². The van der Waals surface area contributed by atoms with Crippen molar-refractivity contribution in [2.75, 3.05) is 31.9 Å². The van der Waals surface area contributed by atoms with E-state index in [1.54, 1.807) is 72.6 Å². The van der Waals surface area contributed by atoms with Crippen molar-refractivity contribution < 1.29 is 52.8 Å². The van der Waals surface area contributed by atoms with Gasteiger partial charge in [-0.25, -0.2) is 9.59 Å². The molecule has 6 rings (SSSR count). The lowest BCUT2D eigenvalue weighted by Crippen LogP contribution is -2.63. The van der Waals surface area contributed by atoms with Gasteiger partial charge in [0.05, 0.1) is 36.0 Å². The smallest absolute Gasteiger partial charge is 0.409 e. The largest absolute Gasteiger partial charge is 0.457 e.